The molecule has 19 heavy (non-hydrogen) atoms. The summed E-state index contributed by atoms with van der Waals surface area (Å²) in [6.45, 7) is 0. The zero-order chi connectivity index (χ0) is 14.0. The molecule has 98 valence electrons. The Morgan fingerprint density at radius 1 is 1.42 bits per heavy atom. The lowest BCUT2D eigenvalue weighted by molar-refractivity contribution is -0.387. The van der Waals surface area contributed by atoms with Crippen LogP contribution in [0, 0.1) is 10.1 Å². The lowest BCUT2D eigenvalue weighted by Gasteiger charge is -2.01. The van der Waals surface area contributed by atoms with Crippen LogP contribution >= 0.6 is 34.7 Å². The summed E-state index contributed by atoms with van der Waals surface area (Å²) in [4.78, 5) is 22.4. The van der Waals surface area contributed by atoms with Crippen LogP contribution in [0.2, 0.25) is 5.02 Å². The SMILES string of the molecule is O=C(O)c1cc(Sc2cc(Cl)ccc2[N+](=O)[O-])cs1. The van der Waals surface area contributed by atoms with E-state index in [4.69, 9.17) is 16.7 Å². The molecule has 0 bridgehead atoms. The van der Waals surface area contributed by atoms with Crippen molar-refractivity contribution in [1.82, 2.24) is 0 Å². The monoisotopic (exact) mass is 315 g/mol. The van der Waals surface area contributed by atoms with Gasteiger partial charge in [0.1, 0.15) is 4.88 Å². The minimum Gasteiger partial charge on any atom is -0.477 e. The van der Waals surface area contributed by atoms with Crippen LogP contribution in [0.3, 0.4) is 0 Å². The van der Waals surface area contributed by atoms with Crippen LogP contribution in [0.1, 0.15) is 9.67 Å². The van der Waals surface area contributed by atoms with Gasteiger partial charge in [0, 0.05) is 21.4 Å². The molecule has 1 N–H and O–H groups in total. The van der Waals surface area contributed by atoms with Crippen LogP contribution in [-0.2, 0) is 0 Å². The van der Waals surface area contributed by atoms with Crippen LogP contribution in [-0.4, -0.2) is 16.0 Å². The Balaban J connectivity index is 2.33. The highest BCUT2D eigenvalue weighted by molar-refractivity contribution is 7.99. The highest BCUT2D eigenvalue weighted by Crippen LogP contribution is 2.38. The molecule has 1 aromatic carbocycles. The lowest BCUT2D eigenvalue weighted by atomic mass is 10.3. The Morgan fingerprint density at radius 3 is 2.74 bits per heavy atom. The number of carboxylic acids is 1. The molecule has 1 heterocycles. The number of nitrogens with zero attached hydrogens (tertiary/aromatic N) is 1. The fourth-order valence-electron chi connectivity index (χ4n) is 1.33. The zero-order valence-electron chi connectivity index (χ0n) is 9.20. The van der Waals surface area contributed by atoms with Crippen molar-refractivity contribution in [2.24, 2.45) is 0 Å². The van der Waals surface area contributed by atoms with Gasteiger partial charge in [-0.25, -0.2) is 4.79 Å². The first-order valence-corrected chi connectivity index (χ1v) is 6.98. The van der Waals surface area contributed by atoms with Crippen molar-refractivity contribution in [1.29, 1.82) is 0 Å². The Kier molecular flexibility index (Phi) is 4.08. The van der Waals surface area contributed by atoms with Gasteiger partial charge in [-0.3, -0.25) is 10.1 Å². The summed E-state index contributed by atoms with van der Waals surface area (Å²) in [5.74, 6) is -1.02. The topological polar surface area (TPSA) is 80.4 Å². The number of hydrogen-bond acceptors (Lipinski definition) is 5. The molecular formula is C11H6ClNO4S2. The molecule has 0 aliphatic carbocycles. The predicted molar refractivity (Wildman–Crippen MR) is 73.5 cm³/mol. The summed E-state index contributed by atoms with van der Waals surface area (Å²) in [6.07, 6.45) is 0. The molecule has 2 aromatic rings. The second kappa shape index (κ2) is 5.60. The molecule has 0 atom stereocenters. The molecule has 0 saturated carbocycles. The third-order valence-electron chi connectivity index (χ3n) is 2.13. The maximum absolute atomic E-state index is 10.9. The van der Waals surface area contributed by atoms with Gasteiger partial charge in [0.15, 0.2) is 0 Å². The highest BCUT2D eigenvalue weighted by Gasteiger charge is 2.16. The quantitative estimate of drug-likeness (QED) is 0.677. The number of nitro benzene ring substituents is 1. The van der Waals surface area contributed by atoms with Gasteiger partial charge in [-0.2, -0.15) is 0 Å². The van der Waals surface area contributed by atoms with Gasteiger partial charge < -0.3 is 5.11 Å². The van der Waals surface area contributed by atoms with E-state index in [0.29, 0.717) is 14.8 Å². The van der Waals surface area contributed by atoms with Gasteiger partial charge >= 0.3 is 5.97 Å². The predicted octanol–water partition coefficient (Wildman–Crippen LogP) is 4.16. The van der Waals surface area contributed by atoms with Crippen molar-refractivity contribution in [2.45, 2.75) is 9.79 Å². The van der Waals surface area contributed by atoms with E-state index in [2.05, 4.69) is 0 Å². The van der Waals surface area contributed by atoms with Crippen molar-refractivity contribution in [3.05, 3.63) is 49.7 Å². The fraction of sp³-hybridized carbons (Fsp3) is 0. The number of nitro groups is 1. The Labute approximate surface area is 121 Å². The van der Waals surface area contributed by atoms with Crippen LogP contribution in [0.4, 0.5) is 5.69 Å². The standard InChI is InChI=1S/C11H6ClNO4S2/c12-6-1-2-8(13(16)17)9(3-6)19-7-4-10(11(14)15)18-5-7/h1-5H,(H,14,15). The molecule has 0 aliphatic heterocycles. The molecule has 0 aliphatic rings. The van der Waals surface area contributed by atoms with Crippen molar-refractivity contribution < 1.29 is 14.8 Å². The smallest absolute Gasteiger partial charge is 0.345 e. The number of thiophene rings is 1. The minimum absolute atomic E-state index is 0.0579. The maximum atomic E-state index is 10.9. The van der Waals surface area contributed by atoms with E-state index in [9.17, 15) is 14.9 Å². The number of halogens is 1. The zero-order valence-corrected chi connectivity index (χ0v) is 11.6. The molecule has 0 spiro atoms. The van der Waals surface area contributed by atoms with Crippen LogP contribution < -0.4 is 0 Å². The highest BCUT2D eigenvalue weighted by atomic mass is 35.5. The number of hydrogen-bond donors (Lipinski definition) is 1. The molecule has 0 saturated heterocycles. The Hall–Kier alpha value is -1.57. The summed E-state index contributed by atoms with van der Waals surface area (Å²) < 4.78 is 0. The summed E-state index contributed by atoms with van der Waals surface area (Å²) in [7, 11) is 0. The number of benzene rings is 1. The lowest BCUT2D eigenvalue weighted by Crippen LogP contribution is -1.91. The Morgan fingerprint density at radius 2 is 2.16 bits per heavy atom. The molecule has 8 heteroatoms. The summed E-state index contributed by atoms with van der Waals surface area (Å²) in [6, 6.07) is 5.74. The van der Waals surface area contributed by atoms with Gasteiger partial charge in [0.25, 0.3) is 5.69 Å². The number of aromatic carboxylic acids is 1. The van der Waals surface area contributed by atoms with Gasteiger partial charge in [-0.1, -0.05) is 23.4 Å². The van der Waals surface area contributed by atoms with E-state index in [1.165, 1.54) is 24.3 Å². The maximum Gasteiger partial charge on any atom is 0.345 e. The largest absolute Gasteiger partial charge is 0.477 e. The molecule has 0 unspecified atom stereocenters. The van der Waals surface area contributed by atoms with Crippen LogP contribution in [0.25, 0.3) is 0 Å². The molecule has 5 nitrogen and oxygen atoms in total. The number of rotatable bonds is 4. The average Bonchev–Trinajstić information content (AvgIpc) is 2.77. The number of carbonyl (C=O) groups is 1. The van der Waals surface area contributed by atoms with Crippen molar-refractivity contribution >= 4 is 46.4 Å². The van der Waals surface area contributed by atoms with Crippen LogP contribution in [0.15, 0.2) is 39.4 Å². The van der Waals surface area contributed by atoms with Crippen LogP contribution in [0.5, 0.6) is 0 Å². The third-order valence-corrected chi connectivity index (χ3v) is 4.45. The first-order chi connectivity index (χ1) is 8.97. The van der Waals surface area contributed by atoms with Gasteiger partial charge in [-0.15, -0.1) is 11.3 Å². The third kappa shape index (κ3) is 3.25. The van der Waals surface area contributed by atoms with Gasteiger partial charge in [0.2, 0.25) is 0 Å². The van der Waals surface area contributed by atoms with E-state index >= 15 is 0 Å². The van der Waals surface area contributed by atoms with Crippen molar-refractivity contribution in [3.8, 4) is 0 Å². The molecule has 1 aromatic heterocycles. The number of carboxylic acid groups (broad SMARTS) is 1. The first-order valence-electron chi connectivity index (χ1n) is 4.91. The van der Waals surface area contributed by atoms with E-state index < -0.39 is 10.9 Å². The average molecular weight is 316 g/mol. The first kappa shape index (κ1) is 13.9. The van der Waals surface area contributed by atoms with Crippen molar-refractivity contribution in [3.63, 3.8) is 0 Å². The molecule has 0 amide bonds. The molecule has 0 fully saturated rings. The second-order valence-electron chi connectivity index (χ2n) is 3.42. The van der Waals surface area contributed by atoms with Gasteiger partial charge in [-0.05, 0) is 18.2 Å². The second-order valence-corrected chi connectivity index (χ2v) is 5.89. The van der Waals surface area contributed by atoms with Crippen molar-refractivity contribution in [2.75, 3.05) is 0 Å². The summed E-state index contributed by atoms with van der Waals surface area (Å²) in [5, 5.41) is 21.7. The Bertz CT molecular complexity index is 656. The van der Waals surface area contributed by atoms with E-state index in [0.717, 1.165) is 23.1 Å². The summed E-state index contributed by atoms with van der Waals surface area (Å²) >= 11 is 8.00. The van der Waals surface area contributed by atoms with E-state index in [1.807, 2.05) is 0 Å². The van der Waals surface area contributed by atoms with E-state index in [-0.39, 0.29) is 10.6 Å². The molecule has 2 rings (SSSR count). The molecular weight excluding hydrogens is 310 g/mol. The fourth-order valence-corrected chi connectivity index (χ4v) is 3.45. The van der Waals surface area contributed by atoms with E-state index in [1.54, 1.807) is 5.38 Å². The normalized spacial score (nSPS) is 10.4. The van der Waals surface area contributed by atoms with Gasteiger partial charge in [0.05, 0.1) is 9.82 Å². The summed E-state index contributed by atoms with van der Waals surface area (Å²) in [5.41, 5.74) is -0.0579. The molecule has 0 radical (unpaired) electrons. The minimum atomic E-state index is -1.02.